The van der Waals surface area contributed by atoms with Crippen molar-refractivity contribution < 1.29 is 24.0 Å². The normalized spacial score (nSPS) is 12.1. The van der Waals surface area contributed by atoms with Gasteiger partial charge in [-0.15, -0.1) is 0 Å². The van der Waals surface area contributed by atoms with Crippen molar-refractivity contribution in [1.29, 1.82) is 0 Å². The van der Waals surface area contributed by atoms with Gasteiger partial charge in [0.05, 0.1) is 13.0 Å². The SMILES string of the molecule is NC(=O)C[C@H](NC(=O)CNC(=O)[C@H](Cc1ccccc1)NC(=O)c1ccccc1)C(N)=O. The third-order valence-corrected chi connectivity index (χ3v) is 4.45. The molecule has 7 N–H and O–H groups in total. The standard InChI is InChI=1S/C22H25N5O5/c23-18(28)12-16(20(24)30)26-19(29)13-25-22(32)17(11-14-7-3-1-4-8-14)27-21(31)15-9-5-2-6-10-15/h1-10,16-17H,11-13H2,(H2,23,28)(H2,24,30)(H,25,32)(H,26,29)(H,27,31)/t16-,17-/m0/s1. The van der Waals surface area contributed by atoms with Gasteiger partial charge < -0.3 is 27.4 Å². The van der Waals surface area contributed by atoms with Crippen LogP contribution in [0.25, 0.3) is 0 Å². The summed E-state index contributed by atoms with van der Waals surface area (Å²) in [5.41, 5.74) is 11.4. The second-order valence-electron chi connectivity index (χ2n) is 6.99. The number of nitrogens with two attached hydrogens (primary N) is 2. The first-order chi connectivity index (χ1) is 15.3. The highest BCUT2D eigenvalue weighted by molar-refractivity contribution is 5.98. The third-order valence-electron chi connectivity index (χ3n) is 4.45. The molecule has 0 aromatic heterocycles. The van der Waals surface area contributed by atoms with Crippen LogP contribution in [0.3, 0.4) is 0 Å². The van der Waals surface area contributed by atoms with Crippen molar-refractivity contribution in [1.82, 2.24) is 16.0 Å². The molecule has 0 heterocycles. The number of carbonyl (C=O) groups is 5. The van der Waals surface area contributed by atoms with E-state index >= 15 is 0 Å². The molecular weight excluding hydrogens is 414 g/mol. The third kappa shape index (κ3) is 7.90. The van der Waals surface area contributed by atoms with Crippen LogP contribution in [0.2, 0.25) is 0 Å². The number of amides is 5. The van der Waals surface area contributed by atoms with E-state index in [0.717, 1.165) is 5.56 Å². The average Bonchev–Trinajstić information content (AvgIpc) is 2.77. The van der Waals surface area contributed by atoms with Crippen LogP contribution in [0.4, 0.5) is 0 Å². The van der Waals surface area contributed by atoms with E-state index in [2.05, 4.69) is 16.0 Å². The number of benzene rings is 2. The summed E-state index contributed by atoms with van der Waals surface area (Å²) in [5, 5.41) is 7.34. The highest BCUT2D eigenvalue weighted by Gasteiger charge is 2.24. The second kappa shape index (κ2) is 11.8. The predicted octanol–water partition coefficient (Wildman–Crippen LogP) is -1.01. The molecule has 0 radical (unpaired) electrons. The Morgan fingerprint density at radius 1 is 0.781 bits per heavy atom. The number of carbonyl (C=O) groups excluding carboxylic acids is 5. The lowest BCUT2D eigenvalue weighted by Crippen LogP contribution is -2.52. The summed E-state index contributed by atoms with van der Waals surface area (Å²) in [5.74, 6) is -3.53. The van der Waals surface area contributed by atoms with Crippen molar-refractivity contribution in [3.05, 3.63) is 71.8 Å². The summed E-state index contributed by atoms with van der Waals surface area (Å²) < 4.78 is 0. The van der Waals surface area contributed by atoms with Crippen molar-refractivity contribution in [2.45, 2.75) is 24.9 Å². The molecule has 0 unspecified atom stereocenters. The van der Waals surface area contributed by atoms with E-state index in [1.807, 2.05) is 18.2 Å². The van der Waals surface area contributed by atoms with E-state index in [9.17, 15) is 24.0 Å². The van der Waals surface area contributed by atoms with Gasteiger partial charge in [0.2, 0.25) is 23.6 Å². The lowest BCUT2D eigenvalue weighted by molar-refractivity contribution is -0.130. The minimum absolute atomic E-state index is 0.193. The Hall–Kier alpha value is -4.21. The van der Waals surface area contributed by atoms with Crippen LogP contribution < -0.4 is 27.4 Å². The Morgan fingerprint density at radius 2 is 1.38 bits per heavy atom. The maximum absolute atomic E-state index is 12.7. The van der Waals surface area contributed by atoms with Crippen molar-refractivity contribution in [2.75, 3.05) is 6.54 Å². The van der Waals surface area contributed by atoms with E-state index in [1.165, 1.54) is 0 Å². The Balaban J connectivity index is 2.03. The first-order valence-electron chi connectivity index (χ1n) is 9.80. The quantitative estimate of drug-likeness (QED) is 0.301. The van der Waals surface area contributed by atoms with Gasteiger partial charge in [-0.25, -0.2) is 0 Å². The lowest BCUT2D eigenvalue weighted by atomic mass is 10.0. The molecule has 10 heteroatoms. The maximum Gasteiger partial charge on any atom is 0.251 e. The van der Waals surface area contributed by atoms with Crippen LogP contribution in [-0.4, -0.2) is 48.2 Å². The topological polar surface area (TPSA) is 173 Å². The highest BCUT2D eigenvalue weighted by Crippen LogP contribution is 2.06. The van der Waals surface area contributed by atoms with E-state index in [-0.39, 0.29) is 6.42 Å². The zero-order valence-corrected chi connectivity index (χ0v) is 17.2. The molecule has 0 fully saturated rings. The molecule has 0 aliphatic heterocycles. The van der Waals surface area contributed by atoms with Gasteiger partial charge in [0, 0.05) is 12.0 Å². The number of nitrogens with one attached hydrogen (secondary N) is 3. The van der Waals surface area contributed by atoms with Gasteiger partial charge in [0.1, 0.15) is 12.1 Å². The van der Waals surface area contributed by atoms with Crippen LogP contribution in [0.15, 0.2) is 60.7 Å². The number of rotatable bonds is 11. The van der Waals surface area contributed by atoms with Gasteiger partial charge in [-0.3, -0.25) is 24.0 Å². The molecule has 0 spiro atoms. The molecule has 168 valence electrons. The molecule has 2 rings (SSSR count). The Labute approximate surface area is 184 Å². The van der Waals surface area contributed by atoms with Crippen LogP contribution in [-0.2, 0) is 25.6 Å². The van der Waals surface area contributed by atoms with Crippen molar-refractivity contribution in [3.8, 4) is 0 Å². The van der Waals surface area contributed by atoms with Gasteiger partial charge >= 0.3 is 0 Å². The summed E-state index contributed by atoms with van der Waals surface area (Å²) in [6, 6.07) is 15.2. The molecule has 2 atom stereocenters. The van der Waals surface area contributed by atoms with Crippen LogP contribution >= 0.6 is 0 Å². The van der Waals surface area contributed by atoms with Crippen molar-refractivity contribution in [3.63, 3.8) is 0 Å². The van der Waals surface area contributed by atoms with Gasteiger partial charge in [-0.2, -0.15) is 0 Å². The fourth-order valence-electron chi connectivity index (χ4n) is 2.85. The maximum atomic E-state index is 12.7. The van der Waals surface area contributed by atoms with E-state index in [4.69, 9.17) is 11.5 Å². The van der Waals surface area contributed by atoms with E-state index in [0.29, 0.717) is 5.56 Å². The second-order valence-corrected chi connectivity index (χ2v) is 6.99. The molecule has 0 aliphatic carbocycles. The highest BCUT2D eigenvalue weighted by atomic mass is 16.2. The molecule has 2 aromatic carbocycles. The lowest BCUT2D eigenvalue weighted by Gasteiger charge is -2.19. The average molecular weight is 439 g/mol. The first kappa shape index (κ1) is 24.1. The molecule has 0 bridgehead atoms. The summed E-state index contributed by atoms with van der Waals surface area (Å²) in [6.45, 7) is -0.492. The molecular formula is C22H25N5O5. The zero-order chi connectivity index (χ0) is 23.5. The van der Waals surface area contributed by atoms with Crippen molar-refractivity contribution in [2.24, 2.45) is 11.5 Å². The van der Waals surface area contributed by atoms with Gasteiger partial charge in [0.15, 0.2) is 0 Å². The van der Waals surface area contributed by atoms with Gasteiger partial charge in [-0.1, -0.05) is 48.5 Å². The van der Waals surface area contributed by atoms with Gasteiger partial charge in [-0.05, 0) is 17.7 Å². The number of hydrogen-bond acceptors (Lipinski definition) is 5. The minimum atomic E-state index is -1.28. The number of hydrogen-bond donors (Lipinski definition) is 5. The van der Waals surface area contributed by atoms with Crippen LogP contribution in [0, 0.1) is 0 Å². The molecule has 2 aromatic rings. The molecule has 5 amide bonds. The first-order valence-corrected chi connectivity index (χ1v) is 9.80. The molecule has 0 aliphatic rings. The summed E-state index contributed by atoms with van der Waals surface area (Å²) in [7, 11) is 0. The van der Waals surface area contributed by atoms with E-state index in [1.54, 1.807) is 42.5 Å². The Bertz CT molecular complexity index is 965. The largest absolute Gasteiger partial charge is 0.370 e. The molecule has 0 saturated heterocycles. The monoisotopic (exact) mass is 439 g/mol. The van der Waals surface area contributed by atoms with Gasteiger partial charge in [0.25, 0.3) is 5.91 Å². The minimum Gasteiger partial charge on any atom is -0.370 e. The summed E-state index contributed by atoms with van der Waals surface area (Å²) in [6.07, 6.45) is -0.267. The van der Waals surface area contributed by atoms with Crippen LogP contribution in [0.1, 0.15) is 22.3 Å². The summed E-state index contributed by atoms with van der Waals surface area (Å²) >= 11 is 0. The fourth-order valence-corrected chi connectivity index (χ4v) is 2.85. The van der Waals surface area contributed by atoms with Crippen molar-refractivity contribution >= 4 is 29.5 Å². The predicted molar refractivity (Wildman–Crippen MR) is 116 cm³/mol. The molecule has 32 heavy (non-hydrogen) atoms. The summed E-state index contributed by atoms with van der Waals surface area (Å²) in [4.78, 5) is 59.7. The zero-order valence-electron chi connectivity index (χ0n) is 17.2. The van der Waals surface area contributed by atoms with Crippen LogP contribution in [0.5, 0.6) is 0 Å². The number of primary amides is 2. The smallest absolute Gasteiger partial charge is 0.251 e. The Kier molecular flexibility index (Phi) is 8.91. The Morgan fingerprint density at radius 3 is 1.94 bits per heavy atom. The molecule has 10 nitrogen and oxygen atoms in total. The molecule has 0 saturated carbocycles. The fraction of sp³-hybridized carbons (Fsp3) is 0.227. The van der Waals surface area contributed by atoms with E-state index < -0.39 is 54.6 Å².